The zero-order valence-corrected chi connectivity index (χ0v) is 16.0. The minimum Gasteiger partial charge on any atom is -0.497 e. The molecule has 0 aromatic heterocycles. The topological polar surface area (TPSA) is 53.6 Å². The first-order chi connectivity index (χ1) is 13.2. The minimum absolute atomic E-state index is 0.117. The lowest BCUT2D eigenvalue weighted by atomic mass is 10.1. The van der Waals surface area contributed by atoms with Gasteiger partial charge in [0.15, 0.2) is 0 Å². The molecule has 0 spiro atoms. The molecule has 5 heteroatoms. The summed E-state index contributed by atoms with van der Waals surface area (Å²) in [6.45, 7) is 5.53. The van der Waals surface area contributed by atoms with Crippen molar-refractivity contribution in [2.45, 2.75) is 25.8 Å². The van der Waals surface area contributed by atoms with Gasteiger partial charge in [-0.2, -0.15) is 0 Å². The first kappa shape index (κ1) is 19.4. The summed E-state index contributed by atoms with van der Waals surface area (Å²) >= 11 is 0. The van der Waals surface area contributed by atoms with E-state index in [2.05, 4.69) is 21.6 Å². The Kier molecular flexibility index (Phi) is 7.25. The Morgan fingerprint density at radius 2 is 1.89 bits per heavy atom. The van der Waals surface area contributed by atoms with Gasteiger partial charge in [-0.1, -0.05) is 12.1 Å². The Labute approximate surface area is 161 Å². The maximum atomic E-state index is 12.4. The zero-order chi connectivity index (χ0) is 18.9. The third-order valence-electron chi connectivity index (χ3n) is 4.89. The Morgan fingerprint density at radius 3 is 2.63 bits per heavy atom. The molecule has 1 heterocycles. The van der Waals surface area contributed by atoms with E-state index in [1.807, 2.05) is 18.2 Å². The van der Waals surface area contributed by atoms with Crippen molar-refractivity contribution in [2.24, 2.45) is 0 Å². The van der Waals surface area contributed by atoms with Crippen molar-refractivity contribution in [1.82, 2.24) is 10.2 Å². The van der Waals surface area contributed by atoms with E-state index in [1.165, 1.54) is 44.5 Å². The van der Waals surface area contributed by atoms with Crippen molar-refractivity contribution in [3.05, 3.63) is 59.7 Å². The van der Waals surface area contributed by atoms with Gasteiger partial charge >= 0.3 is 0 Å². The van der Waals surface area contributed by atoms with Crippen molar-refractivity contribution in [2.75, 3.05) is 38.6 Å². The smallest absolute Gasteiger partial charge is 0.255 e. The van der Waals surface area contributed by atoms with E-state index in [0.29, 0.717) is 5.56 Å². The summed E-state index contributed by atoms with van der Waals surface area (Å²) in [7, 11) is 1.61. The highest BCUT2D eigenvalue weighted by atomic mass is 16.5. The Hall–Kier alpha value is -2.37. The monoisotopic (exact) mass is 367 g/mol. The first-order valence-electron chi connectivity index (χ1n) is 9.72. The molecule has 3 rings (SSSR count). The summed E-state index contributed by atoms with van der Waals surface area (Å²) in [5, 5.41) is 6.46. The molecule has 144 valence electrons. The number of likely N-dealkylation sites (tertiary alicyclic amines) is 1. The SMILES string of the molecule is COc1ccc(C(=O)Nc2cccc(CNCCCN3CCCC3)c2)cc1. The van der Waals surface area contributed by atoms with Crippen molar-refractivity contribution < 1.29 is 9.53 Å². The number of carbonyl (C=O) groups is 1. The molecule has 0 bridgehead atoms. The standard InChI is InChI=1S/C22H29N3O2/c1-27-21-10-8-19(9-11-21)22(26)24-20-7-4-6-18(16-20)17-23-12-5-15-25-13-2-3-14-25/h4,6-11,16,23H,2-3,5,12-15,17H2,1H3,(H,24,26). The largest absolute Gasteiger partial charge is 0.497 e. The number of amides is 1. The summed E-state index contributed by atoms with van der Waals surface area (Å²) in [6, 6.07) is 15.1. The van der Waals surface area contributed by atoms with E-state index in [4.69, 9.17) is 4.74 Å². The molecule has 0 aliphatic carbocycles. The summed E-state index contributed by atoms with van der Waals surface area (Å²) < 4.78 is 5.13. The molecule has 2 aromatic carbocycles. The van der Waals surface area contributed by atoms with Gasteiger partial charge in [-0.15, -0.1) is 0 Å². The highest BCUT2D eigenvalue weighted by Gasteiger charge is 2.10. The van der Waals surface area contributed by atoms with Crippen LogP contribution in [0.2, 0.25) is 0 Å². The molecule has 1 aliphatic rings. The van der Waals surface area contributed by atoms with Gasteiger partial charge in [-0.25, -0.2) is 0 Å². The van der Waals surface area contributed by atoms with Crippen LogP contribution in [0.25, 0.3) is 0 Å². The summed E-state index contributed by atoms with van der Waals surface area (Å²) in [4.78, 5) is 14.9. The minimum atomic E-state index is -0.117. The molecular weight excluding hydrogens is 338 g/mol. The maximum absolute atomic E-state index is 12.4. The molecule has 1 fully saturated rings. The predicted molar refractivity (Wildman–Crippen MR) is 109 cm³/mol. The Morgan fingerprint density at radius 1 is 1.11 bits per heavy atom. The van der Waals surface area contributed by atoms with E-state index in [9.17, 15) is 4.79 Å². The lowest BCUT2D eigenvalue weighted by molar-refractivity contribution is 0.102. The fourth-order valence-corrected chi connectivity index (χ4v) is 3.37. The molecule has 1 saturated heterocycles. The molecule has 0 saturated carbocycles. The van der Waals surface area contributed by atoms with E-state index >= 15 is 0 Å². The third kappa shape index (κ3) is 6.08. The van der Waals surface area contributed by atoms with E-state index in [-0.39, 0.29) is 5.91 Å². The molecule has 27 heavy (non-hydrogen) atoms. The summed E-state index contributed by atoms with van der Waals surface area (Å²) in [6.07, 6.45) is 3.87. The number of anilines is 1. The number of benzene rings is 2. The Balaban J connectivity index is 1.44. The van der Waals surface area contributed by atoms with Gasteiger partial charge in [0, 0.05) is 17.8 Å². The van der Waals surface area contributed by atoms with Gasteiger partial charge in [0.1, 0.15) is 5.75 Å². The van der Waals surface area contributed by atoms with Crippen molar-refractivity contribution in [3.63, 3.8) is 0 Å². The molecule has 0 unspecified atom stereocenters. The van der Waals surface area contributed by atoms with Crippen LogP contribution in [0.4, 0.5) is 5.69 Å². The maximum Gasteiger partial charge on any atom is 0.255 e. The van der Waals surface area contributed by atoms with Crippen LogP contribution in [0.1, 0.15) is 35.2 Å². The number of hydrogen-bond acceptors (Lipinski definition) is 4. The number of methoxy groups -OCH3 is 1. The zero-order valence-electron chi connectivity index (χ0n) is 16.0. The van der Waals surface area contributed by atoms with Crippen LogP contribution in [0.3, 0.4) is 0 Å². The number of nitrogens with one attached hydrogen (secondary N) is 2. The van der Waals surface area contributed by atoms with Crippen LogP contribution >= 0.6 is 0 Å². The number of carbonyl (C=O) groups excluding carboxylic acids is 1. The van der Waals surface area contributed by atoms with Crippen LogP contribution in [0.15, 0.2) is 48.5 Å². The van der Waals surface area contributed by atoms with E-state index in [1.54, 1.807) is 31.4 Å². The second-order valence-electron chi connectivity index (χ2n) is 6.96. The van der Waals surface area contributed by atoms with Gasteiger partial charge in [0.25, 0.3) is 5.91 Å². The molecule has 1 amide bonds. The van der Waals surface area contributed by atoms with E-state index in [0.717, 1.165) is 24.5 Å². The van der Waals surface area contributed by atoms with Gasteiger partial charge in [0.05, 0.1) is 7.11 Å². The van der Waals surface area contributed by atoms with Crippen molar-refractivity contribution >= 4 is 11.6 Å². The fraction of sp³-hybridized carbons (Fsp3) is 0.409. The number of ether oxygens (including phenoxy) is 1. The number of nitrogens with zero attached hydrogens (tertiary/aromatic N) is 1. The van der Waals surface area contributed by atoms with E-state index < -0.39 is 0 Å². The lowest BCUT2D eigenvalue weighted by Crippen LogP contribution is -2.24. The van der Waals surface area contributed by atoms with Crippen LogP contribution in [0.5, 0.6) is 5.75 Å². The average Bonchev–Trinajstić information content (AvgIpc) is 3.21. The second-order valence-corrected chi connectivity index (χ2v) is 6.96. The molecular formula is C22H29N3O2. The molecule has 0 atom stereocenters. The normalized spacial score (nSPS) is 14.3. The highest BCUT2D eigenvalue weighted by Crippen LogP contribution is 2.15. The second kappa shape index (κ2) is 10.1. The quantitative estimate of drug-likeness (QED) is 0.666. The van der Waals surface area contributed by atoms with Crippen LogP contribution in [0, 0.1) is 0 Å². The predicted octanol–water partition coefficient (Wildman–Crippen LogP) is 3.52. The summed E-state index contributed by atoms with van der Waals surface area (Å²) in [5.41, 5.74) is 2.59. The lowest BCUT2D eigenvalue weighted by Gasteiger charge is -2.14. The van der Waals surface area contributed by atoms with Crippen LogP contribution in [-0.4, -0.2) is 44.1 Å². The fourth-order valence-electron chi connectivity index (χ4n) is 3.37. The molecule has 1 aliphatic heterocycles. The van der Waals surface area contributed by atoms with Gasteiger partial charge < -0.3 is 20.3 Å². The van der Waals surface area contributed by atoms with Gasteiger partial charge in [-0.05, 0) is 87.4 Å². The molecule has 0 radical (unpaired) electrons. The van der Waals surface area contributed by atoms with Crippen LogP contribution in [-0.2, 0) is 6.54 Å². The Bertz CT molecular complexity index is 725. The number of hydrogen-bond donors (Lipinski definition) is 2. The average molecular weight is 367 g/mol. The molecule has 5 nitrogen and oxygen atoms in total. The van der Waals surface area contributed by atoms with Gasteiger partial charge in [0.2, 0.25) is 0 Å². The van der Waals surface area contributed by atoms with Crippen molar-refractivity contribution in [1.29, 1.82) is 0 Å². The number of rotatable bonds is 9. The van der Waals surface area contributed by atoms with Gasteiger partial charge in [-0.3, -0.25) is 4.79 Å². The van der Waals surface area contributed by atoms with Crippen molar-refractivity contribution in [3.8, 4) is 5.75 Å². The third-order valence-corrected chi connectivity index (χ3v) is 4.89. The van der Waals surface area contributed by atoms with Crippen LogP contribution < -0.4 is 15.4 Å². The highest BCUT2D eigenvalue weighted by molar-refractivity contribution is 6.04. The molecule has 2 N–H and O–H groups in total. The summed E-state index contributed by atoms with van der Waals surface area (Å²) in [5.74, 6) is 0.623. The molecule has 2 aromatic rings. The first-order valence-corrected chi connectivity index (χ1v) is 9.72.